The van der Waals surface area contributed by atoms with E-state index in [1.807, 2.05) is 28.9 Å². The maximum absolute atomic E-state index is 5.83. The highest BCUT2D eigenvalue weighted by atomic mass is 16.5. The van der Waals surface area contributed by atoms with Crippen LogP contribution in [-0.4, -0.2) is 74.7 Å². The van der Waals surface area contributed by atoms with Crippen LogP contribution in [-0.2, 0) is 4.74 Å². The Bertz CT molecular complexity index is 1360. The molecule has 184 valence electrons. The van der Waals surface area contributed by atoms with E-state index in [0.717, 1.165) is 56.5 Å². The van der Waals surface area contributed by atoms with Crippen LogP contribution in [0.1, 0.15) is 0 Å². The summed E-state index contributed by atoms with van der Waals surface area (Å²) in [6.07, 6.45) is 8.57. The smallest absolute Gasteiger partial charge is 0.180 e. The van der Waals surface area contributed by atoms with Crippen LogP contribution in [0.3, 0.4) is 0 Å². The monoisotopic (exact) mass is 485 g/mol. The molecule has 0 atom stereocenters. The average molecular weight is 486 g/mol. The molecule has 1 aromatic carbocycles. The molecule has 11 heteroatoms. The zero-order valence-corrected chi connectivity index (χ0v) is 19.7. The number of rotatable bonds is 7. The summed E-state index contributed by atoms with van der Waals surface area (Å²) >= 11 is 0. The van der Waals surface area contributed by atoms with Gasteiger partial charge in [0.25, 0.3) is 0 Å². The second kappa shape index (κ2) is 9.59. The van der Waals surface area contributed by atoms with Crippen molar-refractivity contribution in [2.24, 2.45) is 0 Å². The number of benzene rings is 1. The van der Waals surface area contributed by atoms with E-state index in [1.165, 1.54) is 12.8 Å². The molecule has 0 aliphatic carbocycles. The standard InChI is InChI=1S/C25H27N9O2/c1-2-36-22-11-17(3-4-21(22)33-9-7-32(8-10-33)18-15-35-16-18)29-24-25-28-5-6-34(25)14-20(31-24)19-12-27-13-23(26)30-19/h2-6,11-14,18H,1,7-10,15-16H2,(H2,26,30)(H,29,31). The molecule has 0 saturated carbocycles. The van der Waals surface area contributed by atoms with Gasteiger partial charge >= 0.3 is 0 Å². The maximum Gasteiger partial charge on any atom is 0.180 e. The summed E-state index contributed by atoms with van der Waals surface area (Å²) in [6, 6.07) is 6.60. The Balaban J connectivity index is 1.27. The predicted molar refractivity (Wildman–Crippen MR) is 137 cm³/mol. The Labute approximate surface area is 208 Å². The summed E-state index contributed by atoms with van der Waals surface area (Å²) in [7, 11) is 0. The Morgan fingerprint density at radius 2 is 1.97 bits per heavy atom. The van der Waals surface area contributed by atoms with Crippen molar-refractivity contribution >= 4 is 28.7 Å². The van der Waals surface area contributed by atoms with Crippen LogP contribution in [0, 0.1) is 13.5 Å². The van der Waals surface area contributed by atoms with Crippen molar-refractivity contribution in [1.82, 2.24) is 29.2 Å². The molecule has 36 heavy (non-hydrogen) atoms. The van der Waals surface area contributed by atoms with Gasteiger partial charge in [0, 0.05) is 56.5 Å². The molecule has 2 fully saturated rings. The Morgan fingerprint density at radius 1 is 1.11 bits per heavy atom. The van der Waals surface area contributed by atoms with Gasteiger partial charge in [-0.15, -0.1) is 0 Å². The van der Waals surface area contributed by atoms with Gasteiger partial charge in [0.1, 0.15) is 29.6 Å². The predicted octanol–water partition coefficient (Wildman–Crippen LogP) is 2.41. The molecule has 5 heterocycles. The van der Waals surface area contributed by atoms with Crippen LogP contribution < -0.4 is 20.7 Å². The molecule has 6 rings (SSSR count). The van der Waals surface area contributed by atoms with Gasteiger partial charge in [0.2, 0.25) is 0 Å². The lowest BCUT2D eigenvalue weighted by Crippen LogP contribution is -2.56. The van der Waals surface area contributed by atoms with Gasteiger partial charge in [0.15, 0.2) is 11.5 Å². The van der Waals surface area contributed by atoms with Crippen molar-refractivity contribution in [2.75, 3.05) is 55.3 Å². The van der Waals surface area contributed by atoms with Gasteiger partial charge in [-0.2, -0.15) is 0 Å². The molecule has 2 aliphatic heterocycles. The van der Waals surface area contributed by atoms with Crippen LogP contribution in [0.5, 0.6) is 5.75 Å². The van der Waals surface area contributed by atoms with Gasteiger partial charge in [0.05, 0.1) is 37.3 Å². The largest absolute Gasteiger partial charge is 0.484 e. The summed E-state index contributed by atoms with van der Waals surface area (Å²) in [5.41, 5.74) is 9.56. The first-order valence-corrected chi connectivity index (χ1v) is 11.8. The SMILES string of the molecule is [CH2][CH]Oc1cc(Nc2nc(-c3cncc(N)n3)cn3ccnc23)ccc1N1CCN(C2COC2)CC1. The molecule has 3 aromatic heterocycles. The zero-order valence-electron chi connectivity index (χ0n) is 19.7. The summed E-state index contributed by atoms with van der Waals surface area (Å²) < 4.78 is 13.1. The first-order chi connectivity index (χ1) is 17.7. The van der Waals surface area contributed by atoms with Gasteiger partial charge in [-0.05, 0) is 19.1 Å². The minimum atomic E-state index is 0.332. The van der Waals surface area contributed by atoms with E-state index in [9.17, 15) is 0 Å². The topological polar surface area (TPSA) is 119 Å². The molecular formula is C25H27N9O2. The summed E-state index contributed by atoms with van der Waals surface area (Å²) in [4.78, 5) is 22.6. The number of aromatic nitrogens is 5. The third-order valence-corrected chi connectivity index (χ3v) is 6.51. The van der Waals surface area contributed by atoms with E-state index >= 15 is 0 Å². The number of nitrogen functional groups attached to an aromatic ring is 1. The highest BCUT2D eigenvalue weighted by molar-refractivity contribution is 5.75. The van der Waals surface area contributed by atoms with Crippen LogP contribution in [0.4, 0.5) is 23.0 Å². The molecule has 11 nitrogen and oxygen atoms in total. The fourth-order valence-electron chi connectivity index (χ4n) is 4.58. The number of fused-ring (bicyclic) bond motifs is 1. The first kappa shape index (κ1) is 22.5. The van der Waals surface area contributed by atoms with Crippen LogP contribution in [0.2, 0.25) is 0 Å². The second-order valence-corrected chi connectivity index (χ2v) is 8.77. The molecule has 0 unspecified atom stereocenters. The average Bonchev–Trinajstić information content (AvgIpc) is 3.33. The summed E-state index contributed by atoms with van der Waals surface area (Å²) in [5, 5.41) is 3.40. The normalized spacial score (nSPS) is 16.8. The molecular weight excluding hydrogens is 458 g/mol. The molecule has 3 N–H and O–H groups in total. The van der Waals surface area contributed by atoms with Crippen LogP contribution in [0.25, 0.3) is 17.0 Å². The quantitative estimate of drug-likeness (QED) is 0.404. The molecule has 2 aliphatic rings. The fourth-order valence-corrected chi connectivity index (χ4v) is 4.58. The maximum atomic E-state index is 5.83. The highest BCUT2D eigenvalue weighted by Crippen LogP contribution is 2.34. The van der Waals surface area contributed by atoms with Crippen molar-refractivity contribution in [2.45, 2.75) is 6.04 Å². The highest BCUT2D eigenvalue weighted by Gasteiger charge is 2.29. The van der Waals surface area contributed by atoms with E-state index in [-0.39, 0.29) is 0 Å². The summed E-state index contributed by atoms with van der Waals surface area (Å²) in [6.45, 7) is 10.8. The van der Waals surface area contributed by atoms with Gasteiger partial charge in [-0.1, -0.05) is 0 Å². The number of imidazole rings is 1. The number of hydrogen-bond donors (Lipinski definition) is 2. The van der Waals surface area contributed by atoms with E-state index in [4.69, 9.17) is 20.2 Å². The van der Waals surface area contributed by atoms with Gasteiger partial charge in [-0.3, -0.25) is 9.88 Å². The molecule has 4 aromatic rings. The third-order valence-electron chi connectivity index (χ3n) is 6.51. The first-order valence-electron chi connectivity index (χ1n) is 11.8. The fraction of sp³-hybridized carbons (Fsp3) is 0.280. The van der Waals surface area contributed by atoms with E-state index in [2.05, 4.69) is 43.1 Å². The number of ether oxygens (including phenoxy) is 2. The van der Waals surface area contributed by atoms with E-state index in [1.54, 1.807) is 12.4 Å². The molecule has 2 saturated heterocycles. The Morgan fingerprint density at radius 3 is 2.72 bits per heavy atom. The van der Waals surface area contributed by atoms with Gasteiger partial charge in [-0.25, -0.2) is 15.0 Å². The van der Waals surface area contributed by atoms with Crippen molar-refractivity contribution in [3.8, 4) is 17.1 Å². The number of hydrogen-bond acceptors (Lipinski definition) is 10. The number of nitrogens with zero attached hydrogens (tertiary/aromatic N) is 7. The number of nitrogens with one attached hydrogen (secondary N) is 1. The Hall–Kier alpha value is -3.96. The Kier molecular flexibility index (Phi) is 5.99. The lowest BCUT2D eigenvalue weighted by Gasteiger charge is -2.43. The molecule has 0 bridgehead atoms. The van der Waals surface area contributed by atoms with Gasteiger partial charge < -0.3 is 29.8 Å². The lowest BCUT2D eigenvalue weighted by molar-refractivity contribution is -0.0660. The van der Waals surface area contributed by atoms with Crippen LogP contribution >= 0.6 is 0 Å². The van der Waals surface area contributed by atoms with E-state index in [0.29, 0.717) is 34.7 Å². The van der Waals surface area contributed by atoms with E-state index < -0.39 is 0 Å². The van der Waals surface area contributed by atoms with Crippen molar-refractivity contribution in [3.05, 3.63) is 62.7 Å². The van der Waals surface area contributed by atoms with Crippen molar-refractivity contribution in [3.63, 3.8) is 0 Å². The summed E-state index contributed by atoms with van der Waals surface area (Å²) in [5.74, 6) is 1.64. The number of anilines is 4. The lowest BCUT2D eigenvalue weighted by atomic mass is 10.1. The van der Waals surface area contributed by atoms with Crippen LogP contribution in [0.15, 0.2) is 49.2 Å². The third kappa shape index (κ3) is 4.38. The number of nitrogens with two attached hydrogens (primary N) is 1. The minimum Gasteiger partial charge on any atom is -0.484 e. The molecule has 2 radical (unpaired) electrons. The number of piperazine rings is 1. The zero-order chi connectivity index (χ0) is 24.5. The molecule has 0 spiro atoms. The minimum absolute atomic E-state index is 0.332. The molecule has 0 amide bonds. The second-order valence-electron chi connectivity index (χ2n) is 8.77. The van der Waals surface area contributed by atoms with Crippen molar-refractivity contribution in [1.29, 1.82) is 0 Å². The van der Waals surface area contributed by atoms with Crippen molar-refractivity contribution < 1.29 is 9.47 Å².